The summed E-state index contributed by atoms with van der Waals surface area (Å²) in [5.41, 5.74) is 0.953. The maximum Gasteiger partial charge on any atom is 0.361 e. The Hall–Kier alpha value is -3.81. The van der Waals surface area contributed by atoms with E-state index in [1.807, 2.05) is 18.2 Å². The lowest BCUT2D eigenvalue weighted by Gasteiger charge is -2.17. The van der Waals surface area contributed by atoms with E-state index in [1.165, 1.54) is 27.6 Å². The SMILES string of the molecule is COC(=O)C(OC(=O)c1coc(-c2ccccc2)n1)c1cc(OC)cc(OC)c1. The fourth-order valence-corrected chi connectivity index (χ4v) is 2.59. The van der Waals surface area contributed by atoms with Crippen LogP contribution in [-0.4, -0.2) is 38.3 Å². The van der Waals surface area contributed by atoms with Crippen molar-refractivity contribution in [2.45, 2.75) is 6.10 Å². The second kappa shape index (κ2) is 8.92. The van der Waals surface area contributed by atoms with Crippen molar-refractivity contribution in [3.05, 3.63) is 66.1 Å². The first-order chi connectivity index (χ1) is 14.0. The molecule has 1 atom stereocenters. The van der Waals surface area contributed by atoms with E-state index < -0.39 is 18.0 Å². The molecule has 0 bridgehead atoms. The summed E-state index contributed by atoms with van der Waals surface area (Å²) in [5, 5.41) is 0. The molecule has 3 aromatic rings. The third-order valence-corrected chi connectivity index (χ3v) is 4.05. The smallest absolute Gasteiger partial charge is 0.361 e. The minimum absolute atomic E-state index is 0.0763. The van der Waals surface area contributed by atoms with Gasteiger partial charge >= 0.3 is 11.9 Å². The van der Waals surface area contributed by atoms with Gasteiger partial charge in [-0.25, -0.2) is 14.6 Å². The van der Waals surface area contributed by atoms with Gasteiger partial charge in [0.2, 0.25) is 12.0 Å². The summed E-state index contributed by atoms with van der Waals surface area (Å²) in [6.07, 6.45) is -0.168. The number of hydrogen-bond donors (Lipinski definition) is 0. The molecule has 0 aliphatic heterocycles. The number of oxazole rings is 1. The summed E-state index contributed by atoms with van der Waals surface area (Å²) in [5.74, 6) is -0.488. The molecule has 0 spiro atoms. The van der Waals surface area contributed by atoms with Crippen molar-refractivity contribution in [3.8, 4) is 23.0 Å². The van der Waals surface area contributed by atoms with Crippen molar-refractivity contribution in [2.24, 2.45) is 0 Å². The molecular weight excluding hydrogens is 378 g/mol. The van der Waals surface area contributed by atoms with Crippen LogP contribution in [-0.2, 0) is 14.3 Å². The number of hydrogen-bond acceptors (Lipinski definition) is 8. The zero-order chi connectivity index (χ0) is 20.8. The summed E-state index contributed by atoms with van der Waals surface area (Å²) < 4.78 is 25.9. The van der Waals surface area contributed by atoms with E-state index in [4.69, 9.17) is 23.4 Å². The summed E-state index contributed by atoms with van der Waals surface area (Å²) in [6, 6.07) is 13.8. The van der Waals surface area contributed by atoms with E-state index >= 15 is 0 Å². The van der Waals surface area contributed by atoms with Crippen LogP contribution in [0.1, 0.15) is 22.2 Å². The Morgan fingerprint density at radius 1 is 0.966 bits per heavy atom. The van der Waals surface area contributed by atoms with Crippen LogP contribution in [0.5, 0.6) is 11.5 Å². The molecule has 0 saturated heterocycles. The highest BCUT2D eigenvalue weighted by molar-refractivity contribution is 5.90. The van der Waals surface area contributed by atoms with Gasteiger partial charge < -0.3 is 23.4 Å². The monoisotopic (exact) mass is 397 g/mol. The molecule has 3 rings (SSSR count). The Morgan fingerprint density at radius 2 is 1.62 bits per heavy atom. The van der Waals surface area contributed by atoms with Gasteiger partial charge in [0.1, 0.15) is 17.8 Å². The number of aromatic nitrogens is 1. The molecular formula is C21H19NO7. The second-order valence-corrected chi connectivity index (χ2v) is 5.86. The van der Waals surface area contributed by atoms with Gasteiger partial charge in [-0.2, -0.15) is 0 Å². The third kappa shape index (κ3) is 4.55. The van der Waals surface area contributed by atoms with Gasteiger partial charge in [-0.1, -0.05) is 18.2 Å². The number of esters is 2. The van der Waals surface area contributed by atoms with Crippen LogP contribution < -0.4 is 9.47 Å². The second-order valence-electron chi connectivity index (χ2n) is 5.86. The molecule has 0 radical (unpaired) electrons. The first-order valence-corrected chi connectivity index (χ1v) is 8.58. The van der Waals surface area contributed by atoms with Crippen LogP contribution in [0.15, 0.2) is 59.2 Å². The number of carbonyl (C=O) groups excluding carboxylic acids is 2. The van der Waals surface area contributed by atoms with Crippen LogP contribution >= 0.6 is 0 Å². The molecule has 0 amide bonds. The van der Waals surface area contributed by atoms with E-state index in [0.29, 0.717) is 22.6 Å². The largest absolute Gasteiger partial charge is 0.497 e. The maximum atomic E-state index is 12.6. The van der Waals surface area contributed by atoms with E-state index in [9.17, 15) is 9.59 Å². The average molecular weight is 397 g/mol. The zero-order valence-electron chi connectivity index (χ0n) is 16.1. The molecule has 2 aromatic carbocycles. The summed E-state index contributed by atoms with van der Waals surface area (Å²) in [6.45, 7) is 0. The molecule has 0 saturated carbocycles. The average Bonchev–Trinajstić information content (AvgIpc) is 3.27. The van der Waals surface area contributed by atoms with E-state index in [2.05, 4.69) is 4.98 Å². The molecule has 150 valence electrons. The molecule has 0 aliphatic rings. The first-order valence-electron chi connectivity index (χ1n) is 8.58. The number of rotatable bonds is 7. The minimum atomic E-state index is -1.34. The van der Waals surface area contributed by atoms with E-state index in [0.717, 1.165) is 0 Å². The Morgan fingerprint density at radius 3 is 2.21 bits per heavy atom. The summed E-state index contributed by atoms with van der Waals surface area (Å²) in [4.78, 5) is 29.0. The molecule has 1 heterocycles. The van der Waals surface area contributed by atoms with Gasteiger partial charge in [0, 0.05) is 17.2 Å². The maximum absolute atomic E-state index is 12.6. The van der Waals surface area contributed by atoms with Crippen molar-refractivity contribution in [2.75, 3.05) is 21.3 Å². The Balaban J connectivity index is 1.87. The third-order valence-electron chi connectivity index (χ3n) is 4.05. The lowest BCUT2D eigenvalue weighted by Crippen LogP contribution is -2.21. The highest BCUT2D eigenvalue weighted by Gasteiger charge is 2.29. The van der Waals surface area contributed by atoms with Gasteiger partial charge in [0.15, 0.2) is 5.69 Å². The highest BCUT2D eigenvalue weighted by atomic mass is 16.6. The first kappa shape index (κ1) is 19.9. The van der Waals surface area contributed by atoms with Crippen LogP contribution in [0, 0.1) is 0 Å². The Kier molecular flexibility index (Phi) is 6.13. The predicted octanol–water partition coefficient (Wildman–Crippen LogP) is 3.43. The van der Waals surface area contributed by atoms with Gasteiger partial charge in [0.25, 0.3) is 0 Å². The normalized spacial score (nSPS) is 11.4. The predicted molar refractivity (Wildman–Crippen MR) is 102 cm³/mol. The number of nitrogens with zero attached hydrogens (tertiary/aromatic N) is 1. The fourth-order valence-electron chi connectivity index (χ4n) is 2.59. The minimum Gasteiger partial charge on any atom is -0.497 e. The van der Waals surface area contributed by atoms with Crippen molar-refractivity contribution < 1.29 is 33.0 Å². The highest BCUT2D eigenvalue weighted by Crippen LogP contribution is 2.30. The molecule has 1 unspecified atom stereocenters. The fraction of sp³-hybridized carbons (Fsp3) is 0.190. The topological polar surface area (TPSA) is 97.1 Å². The summed E-state index contributed by atoms with van der Waals surface area (Å²) in [7, 11) is 4.14. The van der Waals surface area contributed by atoms with Crippen LogP contribution in [0.3, 0.4) is 0 Å². The van der Waals surface area contributed by atoms with Crippen molar-refractivity contribution in [1.82, 2.24) is 4.98 Å². The molecule has 0 aliphatic carbocycles. The zero-order valence-corrected chi connectivity index (χ0v) is 16.1. The Labute approximate surface area is 167 Å². The molecule has 8 heteroatoms. The van der Waals surface area contributed by atoms with Crippen LogP contribution in [0.4, 0.5) is 0 Å². The Bertz CT molecular complexity index is 975. The molecule has 0 fully saturated rings. The van der Waals surface area contributed by atoms with E-state index in [1.54, 1.807) is 30.3 Å². The van der Waals surface area contributed by atoms with Gasteiger partial charge in [-0.15, -0.1) is 0 Å². The van der Waals surface area contributed by atoms with Crippen molar-refractivity contribution >= 4 is 11.9 Å². The van der Waals surface area contributed by atoms with Gasteiger partial charge in [-0.3, -0.25) is 0 Å². The molecule has 1 aromatic heterocycles. The lowest BCUT2D eigenvalue weighted by atomic mass is 10.1. The number of methoxy groups -OCH3 is 3. The van der Waals surface area contributed by atoms with Crippen LogP contribution in [0.25, 0.3) is 11.5 Å². The standard InChI is InChI=1S/C21H19NO7/c1-25-15-9-14(10-16(11-15)26-2)18(21(24)27-3)29-20(23)17-12-28-19(22-17)13-7-5-4-6-8-13/h4-12,18H,1-3H3. The van der Waals surface area contributed by atoms with E-state index in [-0.39, 0.29) is 11.6 Å². The molecule has 29 heavy (non-hydrogen) atoms. The lowest BCUT2D eigenvalue weighted by molar-refractivity contribution is -0.151. The quantitative estimate of drug-likeness (QED) is 0.560. The van der Waals surface area contributed by atoms with Gasteiger partial charge in [-0.05, 0) is 24.3 Å². The van der Waals surface area contributed by atoms with Gasteiger partial charge in [0.05, 0.1) is 21.3 Å². The summed E-state index contributed by atoms with van der Waals surface area (Å²) >= 11 is 0. The molecule has 0 N–H and O–H groups in total. The number of carbonyl (C=O) groups is 2. The van der Waals surface area contributed by atoms with Crippen molar-refractivity contribution in [1.29, 1.82) is 0 Å². The van der Waals surface area contributed by atoms with Crippen molar-refractivity contribution in [3.63, 3.8) is 0 Å². The number of benzene rings is 2. The number of ether oxygens (including phenoxy) is 4. The molecule has 8 nitrogen and oxygen atoms in total. The van der Waals surface area contributed by atoms with Crippen LogP contribution in [0.2, 0.25) is 0 Å².